The molecule has 0 saturated heterocycles. The first kappa shape index (κ1) is 21.4. The Balaban J connectivity index is 1.69. The average Bonchev–Trinajstić information content (AvgIpc) is 2.62. The maximum Gasteiger partial charge on any atom is 0.417 e. The highest BCUT2D eigenvalue weighted by molar-refractivity contribution is 5.93. The molecular formula is C17H15F5N2O4. The average molecular weight is 406 g/mol. The molecule has 2 N–H and O–H groups in total. The van der Waals surface area contributed by atoms with Crippen LogP contribution in [-0.4, -0.2) is 37.3 Å². The quantitative estimate of drug-likeness (QED) is 0.511. The monoisotopic (exact) mass is 406 g/mol. The number of benzene rings is 1. The number of amides is 1. The van der Waals surface area contributed by atoms with Gasteiger partial charge in [-0.25, -0.2) is 13.8 Å². The molecule has 0 radical (unpaired) electrons. The van der Waals surface area contributed by atoms with Crippen molar-refractivity contribution in [3.05, 3.63) is 53.2 Å². The molecule has 0 spiro atoms. The maximum atomic E-state index is 13.9. The van der Waals surface area contributed by atoms with Gasteiger partial charge in [0.05, 0.1) is 18.8 Å². The van der Waals surface area contributed by atoms with E-state index < -0.39 is 34.8 Å². The van der Waals surface area contributed by atoms with Crippen molar-refractivity contribution >= 4 is 5.91 Å². The maximum absolute atomic E-state index is 13.9. The third-order valence-corrected chi connectivity index (χ3v) is 3.33. The third kappa shape index (κ3) is 5.78. The minimum absolute atomic E-state index is 0.000199. The van der Waals surface area contributed by atoms with Gasteiger partial charge in [-0.15, -0.1) is 0 Å². The van der Waals surface area contributed by atoms with E-state index in [9.17, 15) is 26.7 Å². The van der Waals surface area contributed by atoms with Gasteiger partial charge in [0.15, 0.2) is 11.6 Å². The zero-order valence-corrected chi connectivity index (χ0v) is 14.3. The summed E-state index contributed by atoms with van der Waals surface area (Å²) in [5.41, 5.74) is 3.12. The number of carbonyl (C=O) groups is 1. The summed E-state index contributed by atoms with van der Waals surface area (Å²) in [5, 5.41) is 0. The Morgan fingerprint density at radius 1 is 1.00 bits per heavy atom. The van der Waals surface area contributed by atoms with Crippen LogP contribution < -0.4 is 15.2 Å². The molecule has 0 aliphatic carbocycles. The third-order valence-electron chi connectivity index (χ3n) is 3.33. The molecule has 0 aliphatic heterocycles. The zero-order chi connectivity index (χ0) is 20.7. The number of aromatic nitrogens is 1. The molecule has 2 rings (SSSR count). The molecule has 1 aromatic carbocycles. The van der Waals surface area contributed by atoms with Crippen molar-refractivity contribution in [3.63, 3.8) is 0 Å². The topological polar surface area (TPSA) is 83.7 Å². The lowest BCUT2D eigenvalue weighted by atomic mass is 10.2. The first-order chi connectivity index (χ1) is 13.2. The fraction of sp³-hybridized carbons (Fsp3) is 0.294. The standard InChI is InChI=1S/C17H15F5N2O4/c18-11-2-3-12(15(19)14(11)16(23)25)27-7-5-26-6-8-28-13-4-1-10(9-24-13)17(20,21)22/h1-4,9H,5-8H2,(H2,23,25). The summed E-state index contributed by atoms with van der Waals surface area (Å²) in [4.78, 5) is 14.5. The Hall–Kier alpha value is -2.95. The summed E-state index contributed by atoms with van der Waals surface area (Å²) in [6.45, 7) is -0.0363. The molecular weight excluding hydrogens is 391 g/mol. The minimum atomic E-state index is -4.48. The molecule has 1 aromatic heterocycles. The van der Waals surface area contributed by atoms with Gasteiger partial charge in [0.1, 0.15) is 24.6 Å². The van der Waals surface area contributed by atoms with Gasteiger partial charge in [0.2, 0.25) is 5.88 Å². The molecule has 152 valence electrons. The van der Waals surface area contributed by atoms with E-state index in [1.54, 1.807) is 0 Å². The highest BCUT2D eigenvalue weighted by Gasteiger charge is 2.30. The zero-order valence-electron chi connectivity index (χ0n) is 14.3. The molecule has 2 aromatic rings. The van der Waals surface area contributed by atoms with Gasteiger partial charge < -0.3 is 19.9 Å². The number of nitrogens with two attached hydrogens (primary N) is 1. The fourth-order valence-electron chi connectivity index (χ4n) is 2.02. The SMILES string of the molecule is NC(=O)c1c(F)ccc(OCCOCCOc2ccc(C(F)(F)F)cn2)c1F. The fourth-order valence-corrected chi connectivity index (χ4v) is 2.02. The molecule has 0 saturated carbocycles. The largest absolute Gasteiger partial charge is 0.488 e. The van der Waals surface area contributed by atoms with Crippen LogP contribution in [0.2, 0.25) is 0 Å². The van der Waals surface area contributed by atoms with Crippen LogP contribution >= 0.6 is 0 Å². The van der Waals surface area contributed by atoms with Gasteiger partial charge in [-0.2, -0.15) is 13.2 Å². The summed E-state index contributed by atoms with van der Waals surface area (Å²) in [7, 11) is 0. The van der Waals surface area contributed by atoms with Gasteiger partial charge in [-0.3, -0.25) is 4.79 Å². The van der Waals surface area contributed by atoms with E-state index in [1.807, 2.05) is 0 Å². The van der Waals surface area contributed by atoms with Crippen molar-refractivity contribution in [2.45, 2.75) is 6.18 Å². The van der Waals surface area contributed by atoms with E-state index in [4.69, 9.17) is 19.9 Å². The highest BCUT2D eigenvalue weighted by Crippen LogP contribution is 2.29. The summed E-state index contributed by atoms with van der Waals surface area (Å²) in [6.07, 6.45) is -3.82. The van der Waals surface area contributed by atoms with Crippen LogP contribution in [0.1, 0.15) is 15.9 Å². The predicted octanol–water partition coefficient (Wildman–Crippen LogP) is 2.95. The summed E-state index contributed by atoms with van der Waals surface area (Å²) < 4.78 is 79.7. The van der Waals surface area contributed by atoms with Gasteiger partial charge in [-0.1, -0.05) is 0 Å². The number of hydrogen-bond donors (Lipinski definition) is 1. The number of carbonyl (C=O) groups excluding carboxylic acids is 1. The van der Waals surface area contributed by atoms with Crippen molar-refractivity contribution in [2.75, 3.05) is 26.4 Å². The van der Waals surface area contributed by atoms with Crippen LogP contribution in [0.4, 0.5) is 22.0 Å². The number of alkyl halides is 3. The van der Waals surface area contributed by atoms with E-state index in [-0.39, 0.29) is 38.1 Å². The summed E-state index contributed by atoms with van der Waals surface area (Å²) >= 11 is 0. The number of pyridine rings is 1. The molecule has 0 atom stereocenters. The molecule has 1 heterocycles. The predicted molar refractivity (Wildman–Crippen MR) is 85.9 cm³/mol. The van der Waals surface area contributed by atoms with Crippen LogP contribution in [-0.2, 0) is 10.9 Å². The van der Waals surface area contributed by atoms with Gasteiger partial charge in [-0.05, 0) is 18.2 Å². The Bertz CT molecular complexity index is 812. The van der Waals surface area contributed by atoms with Crippen molar-refractivity contribution < 1.29 is 41.0 Å². The number of halogens is 5. The van der Waals surface area contributed by atoms with E-state index in [0.717, 1.165) is 24.3 Å². The van der Waals surface area contributed by atoms with Crippen molar-refractivity contribution in [2.24, 2.45) is 5.73 Å². The summed E-state index contributed by atoms with van der Waals surface area (Å²) in [6, 6.07) is 3.79. The second kappa shape index (κ2) is 9.31. The van der Waals surface area contributed by atoms with E-state index in [0.29, 0.717) is 6.20 Å². The van der Waals surface area contributed by atoms with Crippen LogP contribution in [0.25, 0.3) is 0 Å². The van der Waals surface area contributed by atoms with Gasteiger partial charge in [0.25, 0.3) is 5.91 Å². The van der Waals surface area contributed by atoms with Crippen LogP contribution in [0, 0.1) is 11.6 Å². The van der Waals surface area contributed by atoms with E-state index >= 15 is 0 Å². The van der Waals surface area contributed by atoms with Crippen molar-refractivity contribution in [1.29, 1.82) is 0 Å². The molecule has 0 unspecified atom stereocenters. The minimum Gasteiger partial charge on any atom is -0.488 e. The lowest BCUT2D eigenvalue weighted by molar-refractivity contribution is -0.137. The lowest BCUT2D eigenvalue weighted by Gasteiger charge is -2.10. The Morgan fingerprint density at radius 3 is 2.25 bits per heavy atom. The first-order valence-electron chi connectivity index (χ1n) is 7.84. The highest BCUT2D eigenvalue weighted by atomic mass is 19.4. The molecule has 0 fully saturated rings. The number of rotatable bonds is 9. The Labute approximate surface area is 156 Å². The van der Waals surface area contributed by atoms with Crippen molar-refractivity contribution in [1.82, 2.24) is 4.98 Å². The molecule has 0 bridgehead atoms. The lowest BCUT2D eigenvalue weighted by Crippen LogP contribution is -2.17. The van der Waals surface area contributed by atoms with Crippen LogP contribution in [0.15, 0.2) is 30.5 Å². The molecule has 0 aliphatic rings. The Morgan fingerprint density at radius 2 is 1.68 bits per heavy atom. The summed E-state index contributed by atoms with van der Waals surface area (Å²) in [5.74, 6) is -3.92. The second-order valence-electron chi connectivity index (χ2n) is 5.29. The first-order valence-corrected chi connectivity index (χ1v) is 7.84. The number of primary amides is 1. The second-order valence-corrected chi connectivity index (χ2v) is 5.29. The molecule has 1 amide bonds. The molecule has 28 heavy (non-hydrogen) atoms. The Kier molecular flexibility index (Phi) is 7.10. The molecule has 11 heteroatoms. The molecule has 6 nitrogen and oxygen atoms in total. The van der Waals surface area contributed by atoms with E-state index in [2.05, 4.69) is 4.98 Å². The smallest absolute Gasteiger partial charge is 0.417 e. The number of hydrogen-bond acceptors (Lipinski definition) is 5. The van der Waals surface area contributed by atoms with Crippen molar-refractivity contribution in [3.8, 4) is 11.6 Å². The van der Waals surface area contributed by atoms with Gasteiger partial charge in [0, 0.05) is 12.3 Å². The number of ether oxygens (including phenoxy) is 3. The normalized spacial score (nSPS) is 11.3. The van der Waals surface area contributed by atoms with Gasteiger partial charge >= 0.3 is 6.18 Å². The van der Waals surface area contributed by atoms with Crippen LogP contribution in [0.5, 0.6) is 11.6 Å². The van der Waals surface area contributed by atoms with E-state index in [1.165, 1.54) is 0 Å². The number of nitrogens with zero attached hydrogens (tertiary/aromatic N) is 1. The van der Waals surface area contributed by atoms with Crippen LogP contribution in [0.3, 0.4) is 0 Å².